The molecule has 0 saturated carbocycles. The minimum absolute atomic E-state index is 0.125. The number of hydrogen-bond acceptors (Lipinski definition) is 2. The van der Waals surface area contributed by atoms with E-state index in [1.165, 1.54) is 0 Å². The first-order valence-electron chi connectivity index (χ1n) is 11.7. The van der Waals surface area contributed by atoms with Crippen LogP contribution < -0.4 is 5.46 Å². The molecule has 2 nitrogen and oxygen atoms in total. The minimum Gasteiger partial charge on any atom is -0.445 e. The molecular formula is C29H19BF8O2S. The summed E-state index contributed by atoms with van der Waals surface area (Å²) in [5.41, 5.74) is -0.319. The molecule has 0 aliphatic carbocycles. The highest BCUT2D eigenvalue weighted by atomic mass is 32.2. The third kappa shape index (κ3) is 7.70. The standard InChI is InChI=1S/C23H19O2S.C6BF8/c1-19-12-14-21(15-13-19)23(24)18-26(25,22-10-6-3-7-11-22)17-16-20-8-4-2-5-9-20;8-2-1(7(13,14)15)3(9)5(11)6(12)4(2)10/h2-15H,18H2,1H3;/q+1;-1. The van der Waals surface area contributed by atoms with Crippen LogP contribution in [-0.4, -0.2) is 18.5 Å². The number of ketones is 1. The predicted octanol–water partition coefficient (Wildman–Crippen LogP) is 7.18. The van der Waals surface area contributed by atoms with Gasteiger partial charge in [0.05, 0.1) is 0 Å². The van der Waals surface area contributed by atoms with Crippen LogP contribution in [0.15, 0.2) is 89.8 Å². The Hall–Kier alpha value is -4.24. The summed E-state index contributed by atoms with van der Waals surface area (Å²) in [5, 5.41) is 2.90. The van der Waals surface area contributed by atoms with Crippen molar-refractivity contribution in [3.8, 4) is 11.2 Å². The topological polar surface area (TPSA) is 34.1 Å². The molecule has 4 rings (SSSR count). The van der Waals surface area contributed by atoms with Crippen molar-refractivity contribution < 1.29 is 43.9 Å². The lowest BCUT2D eigenvalue weighted by atomic mass is 9.79. The third-order valence-corrected chi connectivity index (χ3v) is 7.67. The first-order valence-corrected chi connectivity index (χ1v) is 13.4. The molecule has 1 atom stereocenters. The second-order valence-corrected chi connectivity index (χ2v) is 10.9. The van der Waals surface area contributed by atoms with E-state index in [9.17, 15) is 43.9 Å². The van der Waals surface area contributed by atoms with E-state index in [-0.39, 0.29) is 11.5 Å². The summed E-state index contributed by atoms with van der Waals surface area (Å²) in [6.45, 7) is -4.34. The van der Waals surface area contributed by atoms with Gasteiger partial charge >= 0.3 is 6.98 Å². The summed E-state index contributed by atoms with van der Waals surface area (Å²) in [7, 11) is -2.83. The molecule has 0 amide bonds. The van der Waals surface area contributed by atoms with Crippen LogP contribution in [0.4, 0.5) is 34.9 Å². The van der Waals surface area contributed by atoms with E-state index >= 15 is 0 Å². The maximum atomic E-state index is 13.6. The lowest BCUT2D eigenvalue weighted by Crippen LogP contribution is -2.41. The summed E-state index contributed by atoms with van der Waals surface area (Å²) in [6.07, 6.45) is 0. The zero-order chi connectivity index (χ0) is 30.4. The van der Waals surface area contributed by atoms with Crippen molar-refractivity contribution in [2.75, 3.05) is 5.75 Å². The highest BCUT2D eigenvalue weighted by Crippen LogP contribution is 2.22. The SMILES string of the molecule is Cc1ccc(C(=O)C[S+](=O)(C#Cc2ccccc2)c2ccccc2)cc1.Fc1c(F)c(F)c([B-](F)(F)F)c(F)c1F. The molecule has 4 aromatic carbocycles. The van der Waals surface area contributed by atoms with E-state index in [2.05, 4.69) is 11.2 Å². The Labute approximate surface area is 231 Å². The molecule has 41 heavy (non-hydrogen) atoms. The zero-order valence-electron chi connectivity index (χ0n) is 21.1. The third-order valence-electron chi connectivity index (χ3n) is 5.54. The number of rotatable bonds is 5. The Morgan fingerprint density at radius 1 is 0.707 bits per heavy atom. The van der Waals surface area contributed by atoms with Crippen LogP contribution in [0.25, 0.3) is 0 Å². The molecule has 0 aromatic heterocycles. The van der Waals surface area contributed by atoms with Gasteiger partial charge < -0.3 is 12.9 Å². The number of halogens is 8. The van der Waals surface area contributed by atoms with Crippen molar-refractivity contribution in [2.45, 2.75) is 11.8 Å². The average molecular weight is 594 g/mol. The van der Waals surface area contributed by atoms with Crippen molar-refractivity contribution in [1.29, 1.82) is 0 Å². The van der Waals surface area contributed by atoms with E-state index in [1.54, 1.807) is 24.3 Å². The van der Waals surface area contributed by atoms with Crippen LogP contribution in [0.2, 0.25) is 0 Å². The zero-order valence-corrected chi connectivity index (χ0v) is 21.9. The maximum absolute atomic E-state index is 13.6. The van der Waals surface area contributed by atoms with Crippen LogP contribution in [-0.2, 0) is 14.1 Å². The monoisotopic (exact) mass is 594 g/mol. The molecule has 0 aliphatic heterocycles. The fourth-order valence-corrected chi connectivity index (χ4v) is 5.17. The average Bonchev–Trinajstić information content (AvgIpc) is 2.95. The molecule has 0 heterocycles. The molecule has 212 valence electrons. The number of Topliss-reactive ketones (excluding diaryl/α,β-unsaturated/α-hetero) is 1. The highest BCUT2D eigenvalue weighted by Gasteiger charge is 2.38. The normalized spacial score (nSPS) is 12.3. The molecule has 0 fully saturated rings. The molecule has 0 saturated heterocycles. The van der Waals surface area contributed by atoms with Crippen LogP contribution in [0.5, 0.6) is 0 Å². The van der Waals surface area contributed by atoms with Gasteiger partial charge in [-0.15, -0.1) is 0 Å². The lowest BCUT2D eigenvalue weighted by molar-refractivity contribution is 0.102. The van der Waals surface area contributed by atoms with Gasteiger partial charge in [0, 0.05) is 11.1 Å². The first-order chi connectivity index (χ1) is 19.2. The molecule has 0 spiro atoms. The van der Waals surface area contributed by atoms with E-state index in [1.807, 2.05) is 67.6 Å². The first kappa shape index (κ1) is 31.3. The smallest absolute Gasteiger partial charge is 0.445 e. The predicted molar refractivity (Wildman–Crippen MR) is 141 cm³/mol. The summed E-state index contributed by atoms with van der Waals surface area (Å²) in [5.74, 6) is -10.9. The molecule has 12 heteroatoms. The number of carbonyl (C=O) groups is 1. The van der Waals surface area contributed by atoms with E-state index in [0.29, 0.717) is 10.5 Å². The van der Waals surface area contributed by atoms with Crippen molar-refractivity contribution in [3.63, 3.8) is 0 Å². The summed E-state index contributed by atoms with van der Waals surface area (Å²) in [4.78, 5) is 13.3. The van der Waals surface area contributed by atoms with Gasteiger partial charge in [-0.25, -0.2) is 22.0 Å². The molecule has 0 N–H and O–H groups in total. The maximum Gasteiger partial charge on any atom is 0.515 e. The van der Waals surface area contributed by atoms with E-state index < -0.39 is 51.5 Å². The molecule has 1 unspecified atom stereocenters. The van der Waals surface area contributed by atoms with Crippen LogP contribution in [0.1, 0.15) is 21.5 Å². The fourth-order valence-electron chi connectivity index (χ4n) is 3.40. The summed E-state index contributed by atoms with van der Waals surface area (Å²) in [6, 6.07) is 25.7. The van der Waals surface area contributed by atoms with E-state index in [4.69, 9.17) is 0 Å². The second kappa shape index (κ2) is 13.0. The van der Waals surface area contributed by atoms with Gasteiger partial charge in [0.25, 0.3) is 0 Å². The quantitative estimate of drug-likeness (QED) is 0.0467. The summed E-state index contributed by atoms with van der Waals surface area (Å²) >= 11 is 0. The Morgan fingerprint density at radius 3 is 1.66 bits per heavy atom. The van der Waals surface area contributed by atoms with Crippen molar-refractivity contribution in [1.82, 2.24) is 0 Å². The fraction of sp³-hybridized carbons (Fsp3) is 0.0690. The van der Waals surface area contributed by atoms with Crippen LogP contribution >= 0.6 is 0 Å². The Kier molecular flexibility index (Phi) is 9.89. The molecule has 0 aliphatic rings. The Bertz CT molecular complexity index is 1620. The van der Waals surface area contributed by atoms with Crippen molar-refractivity contribution in [2.24, 2.45) is 0 Å². The number of aryl methyl sites for hydroxylation is 1. The van der Waals surface area contributed by atoms with Gasteiger partial charge in [0.15, 0.2) is 33.4 Å². The van der Waals surface area contributed by atoms with Gasteiger partial charge in [0.2, 0.25) is 15.7 Å². The van der Waals surface area contributed by atoms with Gasteiger partial charge in [-0.05, 0) is 42.6 Å². The Balaban J connectivity index is 0.000000263. The molecule has 4 aromatic rings. The minimum atomic E-state index is -6.30. The van der Waals surface area contributed by atoms with Gasteiger partial charge in [-0.1, -0.05) is 70.4 Å². The largest absolute Gasteiger partial charge is 0.515 e. The second-order valence-electron chi connectivity index (χ2n) is 8.57. The van der Waals surface area contributed by atoms with Crippen molar-refractivity contribution >= 4 is 28.2 Å². The van der Waals surface area contributed by atoms with E-state index in [0.717, 1.165) is 11.1 Å². The van der Waals surface area contributed by atoms with Gasteiger partial charge in [0.1, 0.15) is 11.6 Å². The van der Waals surface area contributed by atoms with Crippen LogP contribution in [0.3, 0.4) is 0 Å². The highest BCUT2D eigenvalue weighted by molar-refractivity contribution is 8.07. The van der Waals surface area contributed by atoms with Crippen LogP contribution in [0, 0.1) is 47.2 Å². The number of carbonyl (C=O) groups excluding carboxylic acids is 1. The summed E-state index contributed by atoms with van der Waals surface area (Å²) < 4.78 is 111. The lowest BCUT2D eigenvalue weighted by Gasteiger charge is -2.17. The number of benzene rings is 4. The molecule has 0 bridgehead atoms. The number of hydrogen-bond donors (Lipinski definition) is 0. The van der Waals surface area contributed by atoms with Gasteiger partial charge in [-0.2, -0.15) is 0 Å². The molecular weight excluding hydrogens is 575 g/mol. The molecule has 0 radical (unpaired) electrons. The Morgan fingerprint density at radius 2 is 1.17 bits per heavy atom. The van der Waals surface area contributed by atoms with Crippen molar-refractivity contribution in [3.05, 3.63) is 131 Å². The van der Waals surface area contributed by atoms with Gasteiger partial charge in [-0.3, -0.25) is 4.79 Å².